The van der Waals surface area contributed by atoms with Gasteiger partial charge in [-0.05, 0) is 57.5 Å². The average molecular weight is 541 g/mol. The number of hydrogen-bond acceptors (Lipinski definition) is 7. The molecule has 196 valence electrons. The molecule has 0 saturated heterocycles. The lowest BCUT2D eigenvalue weighted by molar-refractivity contribution is 0.0691. The predicted molar refractivity (Wildman–Crippen MR) is 151 cm³/mol. The minimum atomic E-state index is -1.20. The lowest BCUT2D eigenvalue weighted by Crippen LogP contribution is -2.13. The van der Waals surface area contributed by atoms with Gasteiger partial charge in [0, 0.05) is 28.5 Å². The Balaban J connectivity index is 1.56. The van der Waals surface area contributed by atoms with Crippen molar-refractivity contribution in [2.24, 2.45) is 0 Å². The number of carboxylic acids is 1. The summed E-state index contributed by atoms with van der Waals surface area (Å²) in [6.45, 7) is 7.54. The summed E-state index contributed by atoms with van der Waals surface area (Å²) in [6.07, 6.45) is 0. The lowest BCUT2D eigenvalue weighted by Gasteiger charge is -2.19. The number of carboxylic acid groups (broad SMARTS) is 1. The molecular weight excluding hydrogens is 516 g/mol. The first-order valence-electron chi connectivity index (χ1n) is 12.3. The third kappa shape index (κ3) is 5.37. The molecule has 0 radical (unpaired) electrons. The minimum absolute atomic E-state index is 0.0817. The van der Waals surface area contributed by atoms with Crippen molar-refractivity contribution in [3.63, 3.8) is 0 Å². The summed E-state index contributed by atoms with van der Waals surface area (Å²) in [6, 6.07) is 17.4. The molecule has 5 aromatic rings. The highest BCUT2D eigenvalue weighted by molar-refractivity contribution is 6.29. The molecule has 0 aliphatic rings. The molecule has 2 aromatic carbocycles. The molecule has 2 N–H and O–H groups in total. The summed E-state index contributed by atoms with van der Waals surface area (Å²) >= 11 is 5.91. The van der Waals surface area contributed by atoms with Gasteiger partial charge in [-0.25, -0.2) is 19.7 Å². The van der Waals surface area contributed by atoms with Crippen LogP contribution in [0.1, 0.15) is 46.1 Å². The molecule has 0 aliphatic carbocycles. The van der Waals surface area contributed by atoms with Crippen LogP contribution < -0.4 is 10.7 Å². The number of carbonyl (C=O) groups is 1. The molecule has 0 bridgehead atoms. The first-order chi connectivity index (χ1) is 18.6. The van der Waals surface area contributed by atoms with Crippen molar-refractivity contribution in [1.82, 2.24) is 15.0 Å². The SMILES string of the molecule is Cc1cc([C@@H](C)Nc2ccc(Cl)nc2C(=O)O)c2oc(-c3ccc(-c4cc(C)nc(C)n4)cc3)cc(=O)c2c1. The number of hydrogen-bond donors (Lipinski definition) is 2. The molecule has 0 amide bonds. The van der Waals surface area contributed by atoms with Crippen molar-refractivity contribution in [2.75, 3.05) is 5.32 Å². The van der Waals surface area contributed by atoms with E-state index in [-0.39, 0.29) is 16.3 Å². The van der Waals surface area contributed by atoms with Gasteiger partial charge >= 0.3 is 5.97 Å². The molecule has 5 rings (SSSR count). The molecule has 3 aromatic heterocycles. The number of nitrogens with zero attached hydrogens (tertiary/aromatic N) is 3. The normalized spacial score (nSPS) is 11.9. The van der Waals surface area contributed by atoms with Gasteiger partial charge in [0.05, 0.1) is 22.8 Å². The van der Waals surface area contributed by atoms with E-state index in [1.807, 2.05) is 64.1 Å². The fourth-order valence-corrected chi connectivity index (χ4v) is 4.74. The number of anilines is 1. The Morgan fingerprint density at radius 1 is 0.949 bits per heavy atom. The molecule has 0 spiro atoms. The summed E-state index contributed by atoms with van der Waals surface area (Å²) in [7, 11) is 0. The summed E-state index contributed by atoms with van der Waals surface area (Å²) < 4.78 is 6.34. The predicted octanol–water partition coefficient (Wildman–Crippen LogP) is 6.76. The van der Waals surface area contributed by atoms with Gasteiger partial charge in [0.15, 0.2) is 11.1 Å². The van der Waals surface area contributed by atoms with E-state index in [1.54, 1.807) is 12.1 Å². The van der Waals surface area contributed by atoms with Gasteiger partial charge in [0.1, 0.15) is 22.3 Å². The summed E-state index contributed by atoms with van der Waals surface area (Å²) in [4.78, 5) is 37.7. The monoisotopic (exact) mass is 540 g/mol. The molecule has 1 atom stereocenters. The fourth-order valence-electron chi connectivity index (χ4n) is 4.59. The summed E-state index contributed by atoms with van der Waals surface area (Å²) in [5, 5.41) is 13.3. The molecule has 3 heterocycles. The van der Waals surface area contributed by atoms with Crippen LogP contribution in [0.3, 0.4) is 0 Å². The van der Waals surface area contributed by atoms with Crippen LogP contribution in [0.5, 0.6) is 0 Å². The lowest BCUT2D eigenvalue weighted by atomic mass is 10.00. The van der Waals surface area contributed by atoms with Crippen LogP contribution in [0.15, 0.2) is 69.9 Å². The summed E-state index contributed by atoms with van der Waals surface area (Å²) in [5.74, 6) is -0.0818. The fraction of sp³-hybridized carbons (Fsp3) is 0.167. The number of rotatable bonds is 6. The minimum Gasteiger partial charge on any atom is -0.476 e. The van der Waals surface area contributed by atoms with E-state index >= 15 is 0 Å². The molecule has 0 aliphatic heterocycles. The van der Waals surface area contributed by atoms with E-state index in [1.165, 1.54) is 12.1 Å². The number of aromatic carboxylic acids is 1. The first-order valence-corrected chi connectivity index (χ1v) is 12.6. The quantitative estimate of drug-likeness (QED) is 0.227. The molecule has 9 heteroatoms. The van der Waals surface area contributed by atoms with Gasteiger partial charge in [0.25, 0.3) is 0 Å². The number of benzene rings is 2. The van der Waals surface area contributed by atoms with Crippen LogP contribution in [0.4, 0.5) is 5.69 Å². The second-order valence-corrected chi connectivity index (χ2v) is 9.81. The maximum Gasteiger partial charge on any atom is 0.356 e. The van der Waals surface area contributed by atoms with Gasteiger partial charge in [-0.2, -0.15) is 0 Å². The highest BCUT2D eigenvalue weighted by Gasteiger charge is 2.20. The number of aromatic nitrogens is 3. The van der Waals surface area contributed by atoms with Gasteiger partial charge in [-0.3, -0.25) is 4.79 Å². The Morgan fingerprint density at radius 3 is 2.36 bits per heavy atom. The van der Waals surface area contributed by atoms with Crippen molar-refractivity contribution < 1.29 is 14.3 Å². The number of halogens is 1. The van der Waals surface area contributed by atoms with Crippen LogP contribution in [0, 0.1) is 20.8 Å². The molecule has 39 heavy (non-hydrogen) atoms. The molecule has 8 nitrogen and oxygen atoms in total. The third-order valence-corrected chi connectivity index (χ3v) is 6.55. The van der Waals surface area contributed by atoms with Crippen LogP contribution in [0.2, 0.25) is 5.15 Å². The number of pyridine rings is 1. The van der Waals surface area contributed by atoms with Crippen molar-refractivity contribution in [2.45, 2.75) is 33.7 Å². The van der Waals surface area contributed by atoms with Gasteiger partial charge in [-0.15, -0.1) is 0 Å². The number of fused-ring (bicyclic) bond motifs is 1. The number of aryl methyl sites for hydroxylation is 3. The van der Waals surface area contributed by atoms with Crippen LogP contribution in [-0.2, 0) is 0 Å². The Bertz CT molecular complexity index is 1780. The van der Waals surface area contributed by atoms with Crippen LogP contribution in [-0.4, -0.2) is 26.0 Å². The van der Waals surface area contributed by atoms with Crippen LogP contribution >= 0.6 is 11.6 Å². The van der Waals surface area contributed by atoms with Crippen molar-refractivity contribution in [3.8, 4) is 22.6 Å². The average Bonchev–Trinajstić information content (AvgIpc) is 2.89. The molecular formula is C30H25ClN4O4. The third-order valence-electron chi connectivity index (χ3n) is 6.34. The largest absolute Gasteiger partial charge is 0.476 e. The Morgan fingerprint density at radius 2 is 1.67 bits per heavy atom. The zero-order valence-corrected chi connectivity index (χ0v) is 22.5. The smallest absolute Gasteiger partial charge is 0.356 e. The number of nitrogens with one attached hydrogen (secondary N) is 1. The second kappa shape index (κ2) is 10.3. The highest BCUT2D eigenvalue weighted by Crippen LogP contribution is 2.32. The molecule has 0 saturated carbocycles. The van der Waals surface area contributed by atoms with Crippen LogP contribution in [0.25, 0.3) is 33.6 Å². The maximum atomic E-state index is 13.2. The van der Waals surface area contributed by atoms with Gasteiger partial charge in [-0.1, -0.05) is 41.9 Å². The van der Waals surface area contributed by atoms with E-state index in [4.69, 9.17) is 16.0 Å². The highest BCUT2D eigenvalue weighted by atomic mass is 35.5. The Labute approximate surface area is 229 Å². The maximum absolute atomic E-state index is 13.2. The van der Waals surface area contributed by atoms with Gasteiger partial charge in [0.2, 0.25) is 0 Å². The zero-order valence-electron chi connectivity index (χ0n) is 21.7. The van der Waals surface area contributed by atoms with E-state index in [0.717, 1.165) is 28.1 Å². The first kappa shape index (κ1) is 26.1. The second-order valence-electron chi connectivity index (χ2n) is 9.43. The Kier molecular flexibility index (Phi) is 6.89. The van der Waals surface area contributed by atoms with Crippen molar-refractivity contribution >= 4 is 34.2 Å². The topological polar surface area (TPSA) is 118 Å². The van der Waals surface area contributed by atoms with E-state index in [0.29, 0.717) is 33.8 Å². The summed E-state index contributed by atoms with van der Waals surface area (Å²) in [5.41, 5.74) is 5.32. The van der Waals surface area contributed by atoms with Crippen molar-refractivity contribution in [3.05, 3.63) is 104 Å². The zero-order chi connectivity index (χ0) is 27.8. The Hall–Kier alpha value is -4.56. The van der Waals surface area contributed by atoms with Gasteiger partial charge < -0.3 is 14.8 Å². The molecule has 0 fully saturated rings. The van der Waals surface area contributed by atoms with E-state index in [2.05, 4.69) is 20.3 Å². The van der Waals surface area contributed by atoms with E-state index < -0.39 is 12.0 Å². The van der Waals surface area contributed by atoms with E-state index in [9.17, 15) is 14.7 Å². The molecule has 0 unspecified atom stereocenters. The standard InChI is InChI=1S/C30H25ClN4O4/c1-15-11-21(17(3)33-23-9-10-27(31)35-28(23)30(37)38)29-22(12-15)25(36)14-26(39-29)20-7-5-19(6-8-20)24-13-16(2)32-18(4)34-24/h5-14,17,33H,1-4H3,(H,37,38)/t17-/m1/s1. The van der Waals surface area contributed by atoms with Crippen molar-refractivity contribution in [1.29, 1.82) is 0 Å².